The zero-order valence-corrected chi connectivity index (χ0v) is 33.8. The first-order valence-electron chi connectivity index (χ1n) is 18.8. The summed E-state index contributed by atoms with van der Waals surface area (Å²) in [6.07, 6.45) is 10.7. The monoisotopic (exact) mass is 638 g/mol. The summed E-state index contributed by atoms with van der Waals surface area (Å²) in [7, 11) is 4.70. The second kappa shape index (κ2) is 13.0. The van der Waals surface area contributed by atoms with Crippen molar-refractivity contribution >= 4 is 0 Å². The molecule has 2 fully saturated rings. The van der Waals surface area contributed by atoms with Gasteiger partial charge in [0.2, 0.25) is 0 Å². The van der Waals surface area contributed by atoms with Crippen molar-refractivity contribution in [3.8, 4) is 5.75 Å². The Balaban J connectivity index is 2.17. The zero-order chi connectivity index (χ0) is 35.5. The van der Waals surface area contributed by atoms with Gasteiger partial charge in [-0.05, 0) is 172 Å². The van der Waals surface area contributed by atoms with Crippen LogP contribution in [0, 0.1) is 30.1 Å². The minimum absolute atomic E-state index is 0.0583. The number of hydrogen-bond acceptors (Lipinski definition) is 3. The molecule has 0 bridgehead atoms. The summed E-state index contributed by atoms with van der Waals surface area (Å²) in [4.78, 5) is 5.31. The van der Waals surface area contributed by atoms with E-state index in [9.17, 15) is 5.11 Å². The van der Waals surface area contributed by atoms with Crippen molar-refractivity contribution in [3.05, 3.63) is 35.7 Å². The highest BCUT2D eigenvalue weighted by Crippen LogP contribution is 2.54. The van der Waals surface area contributed by atoms with E-state index >= 15 is 0 Å². The first-order valence-corrected chi connectivity index (χ1v) is 18.8. The Hall–Kier alpha value is -1.06. The molecule has 1 aromatic carbocycles. The Labute approximate surface area is 287 Å². The van der Waals surface area contributed by atoms with Crippen LogP contribution < -0.4 is 0 Å². The van der Waals surface area contributed by atoms with Crippen molar-refractivity contribution in [2.24, 2.45) is 23.2 Å². The Morgan fingerprint density at radius 1 is 0.739 bits per heavy atom. The lowest BCUT2D eigenvalue weighted by atomic mass is 9.57. The number of hydrogen-bond donors (Lipinski definition) is 1. The predicted octanol–water partition coefficient (Wildman–Crippen LogP) is 11.3. The number of nitrogens with zero attached hydrogens (tertiary/aromatic N) is 2. The molecule has 0 amide bonds. The number of benzene rings is 1. The van der Waals surface area contributed by atoms with Crippen LogP contribution in [0.1, 0.15) is 172 Å². The first kappa shape index (κ1) is 39.4. The van der Waals surface area contributed by atoms with Gasteiger partial charge in [0.25, 0.3) is 0 Å². The van der Waals surface area contributed by atoms with Crippen molar-refractivity contribution in [2.45, 2.75) is 195 Å². The quantitative estimate of drug-likeness (QED) is 0.292. The molecule has 265 valence electrons. The van der Waals surface area contributed by atoms with Crippen molar-refractivity contribution in [1.29, 1.82) is 0 Å². The molecule has 1 N–H and O–H groups in total. The maximum absolute atomic E-state index is 11.5. The van der Waals surface area contributed by atoms with Crippen LogP contribution in [-0.4, -0.2) is 51.2 Å². The van der Waals surface area contributed by atoms with Gasteiger partial charge in [-0.2, -0.15) is 0 Å². The summed E-state index contributed by atoms with van der Waals surface area (Å²) >= 11 is 0. The minimum atomic E-state index is -0.132. The summed E-state index contributed by atoms with van der Waals surface area (Å²) in [6, 6.07) is 4.66. The highest BCUT2D eigenvalue weighted by Gasteiger charge is 2.51. The Morgan fingerprint density at radius 2 is 1.09 bits per heavy atom. The van der Waals surface area contributed by atoms with Crippen LogP contribution in [0.2, 0.25) is 0 Å². The molecule has 2 aliphatic heterocycles. The molecule has 1 aromatic rings. The van der Waals surface area contributed by atoms with Crippen LogP contribution in [0.25, 0.3) is 0 Å². The minimum Gasteiger partial charge on any atom is -0.507 e. The lowest BCUT2D eigenvalue weighted by molar-refractivity contribution is -0.0897. The molecule has 1 radical (unpaired) electrons. The fourth-order valence-corrected chi connectivity index (χ4v) is 9.91. The first-order chi connectivity index (χ1) is 20.6. The summed E-state index contributed by atoms with van der Waals surface area (Å²) in [5.74, 6) is 2.43. The molecule has 0 saturated carbocycles. The normalized spacial score (nSPS) is 24.3. The Morgan fingerprint density at radius 3 is 1.39 bits per heavy atom. The van der Waals surface area contributed by atoms with Crippen LogP contribution in [0.15, 0.2) is 12.1 Å². The number of phenols is 1. The SMILES string of the molecule is [CH2]C(CCCC)(Cc1cc(C(C)(C)C)c(O)c(C(C)(C)C)c1)CC(C1CC(C)(C)N(C)C(C)(C)C1)C1CC(C)(C)N(C)C(C)(C)C1. The third-order valence-corrected chi connectivity index (χ3v) is 13.0. The van der Waals surface area contributed by atoms with Gasteiger partial charge >= 0.3 is 0 Å². The number of rotatable bonds is 9. The van der Waals surface area contributed by atoms with Gasteiger partial charge in [-0.3, -0.25) is 9.80 Å². The van der Waals surface area contributed by atoms with E-state index in [-0.39, 0.29) is 38.4 Å². The topological polar surface area (TPSA) is 26.7 Å². The van der Waals surface area contributed by atoms with E-state index in [0.29, 0.717) is 23.5 Å². The summed E-state index contributed by atoms with van der Waals surface area (Å²) in [5, 5.41) is 11.5. The number of aromatic hydroxyl groups is 1. The van der Waals surface area contributed by atoms with Gasteiger partial charge in [0, 0.05) is 22.2 Å². The molecule has 0 aromatic heterocycles. The smallest absolute Gasteiger partial charge is 0.123 e. The molecule has 3 nitrogen and oxygen atoms in total. The summed E-state index contributed by atoms with van der Waals surface area (Å²) < 4.78 is 0. The van der Waals surface area contributed by atoms with E-state index in [1.54, 1.807) is 0 Å². The Bertz CT molecular complexity index is 1080. The number of unbranched alkanes of at least 4 members (excludes halogenated alkanes) is 1. The number of likely N-dealkylation sites (tertiary alicyclic amines) is 2. The molecule has 2 saturated heterocycles. The Kier molecular flexibility index (Phi) is 11.1. The molecule has 0 spiro atoms. The molecule has 1 unspecified atom stereocenters. The van der Waals surface area contributed by atoms with Gasteiger partial charge < -0.3 is 5.11 Å². The molecule has 2 aliphatic rings. The van der Waals surface area contributed by atoms with Crippen LogP contribution in [-0.2, 0) is 17.3 Å². The lowest BCUT2D eigenvalue weighted by Crippen LogP contribution is -2.62. The van der Waals surface area contributed by atoms with Crippen molar-refractivity contribution < 1.29 is 5.11 Å². The third-order valence-electron chi connectivity index (χ3n) is 13.0. The van der Waals surface area contributed by atoms with E-state index in [1.165, 1.54) is 50.5 Å². The van der Waals surface area contributed by atoms with Crippen molar-refractivity contribution in [2.75, 3.05) is 14.1 Å². The van der Waals surface area contributed by atoms with E-state index < -0.39 is 0 Å². The van der Waals surface area contributed by atoms with E-state index in [1.807, 2.05) is 0 Å². The van der Waals surface area contributed by atoms with Crippen molar-refractivity contribution in [3.63, 3.8) is 0 Å². The fourth-order valence-electron chi connectivity index (χ4n) is 9.91. The fraction of sp³-hybridized carbons (Fsp3) is 0.837. The van der Waals surface area contributed by atoms with Gasteiger partial charge in [-0.1, -0.05) is 73.4 Å². The molecular formula is C43H77N2O. The van der Waals surface area contributed by atoms with Gasteiger partial charge in [0.05, 0.1) is 0 Å². The van der Waals surface area contributed by atoms with Crippen molar-refractivity contribution in [1.82, 2.24) is 9.80 Å². The maximum atomic E-state index is 11.5. The lowest BCUT2D eigenvalue weighted by Gasteiger charge is -2.59. The highest BCUT2D eigenvalue weighted by atomic mass is 16.3. The maximum Gasteiger partial charge on any atom is 0.123 e. The highest BCUT2D eigenvalue weighted by molar-refractivity contribution is 5.50. The average Bonchev–Trinajstić information content (AvgIpc) is 2.86. The van der Waals surface area contributed by atoms with Crippen LogP contribution in [0.4, 0.5) is 0 Å². The molecule has 3 rings (SSSR count). The number of piperidine rings is 2. The van der Waals surface area contributed by atoms with E-state index in [2.05, 4.69) is 140 Å². The molecule has 46 heavy (non-hydrogen) atoms. The second-order valence-corrected chi connectivity index (χ2v) is 20.9. The molecule has 3 heteroatoms. The molecular weight excluding hydrogens is 560 g/mol. The van der Waals surface area contributed by atoms with Gasteiger partial charge in [-0.25, -0.2) is 0 Å². The zero-order valence-electron chi connectivity index (χ0n) is 33.8. The van der Waals surface area contributed by atoms with E-state index in [4.69, 9.17) is 6.92 Å². The van der Waals surface area contributed by atoms with E-state index in [0.717, 1.165) is 24.0 Å². The third kappa shape index (κ3) is 8.56. The summed E-state index contributed by atoms with van der Waals surface area (Å²) in [5.41, 5.74) is 3.82. The molecule has 0 aliphatic carbocycles. The standard InChI is InChI=1S/C43H77N2O/c1-19-20-21-43(16,24-30-22-34(37(2,3)4)36(46)35(23-30)38(5,6)7)29-33(31-25-39(8,9)44(17)40(10,11)26-31)32-27-41(12,13)45(18)42(14,15)28-32/h22-23,31-33,46H,16,19-21,24-29H2,1-15,17-18H3. The largest absolute Gasteiger partial charge is 0.507 e. The second-order valence-electron chi connectivity index (χ2n) is 20.9. The van der Waals surface area contributed by atoms with Crippen LogP contribution >= 0.6 is 0 Å². The van der Waals surface area contributed by atoms with Gasteiger partial charge in [-0.15, -0.1) is 0 Å². The van der Waals surface area contributed by atoms with Crippen LogP contribution in [0.5, 0.6) is 5.75 Å². The van der Waals surface area contributed by atoms with Gasteiger partial charge in [0.1, 0.15) is 5.75 Å². The average molecular weight is 638 g/mol. The molecule has 1 atom stereocenters. The summed E-state index contributed by atoms with van der Waals surface area (Å²) in [6.45, 7) is 40.8. The predicted molar refractivity (Wildman–Crippen MR) is 202 cm³/mol. The van der Waals surface area contributed by atoms with Gasteiger partial charge in [0.15, 0.2) is 0 Å². The molecule has 2 heterocycles. The van der Waals surface area contributed by atoms with Crippen LogP contribution in [0.3, 0.4) is 0 Å². The number of phenolic OH excluding ortho intramolecular Hbond substituents is 1.